The number of carbonyl (C=O) groups is 1. The summed E-state index contributed by atoms with van der Waals surface area (Å²) in [5.74, 6) is -0.224. The van der Waals surface area contributed by atoms with Gasteiger partial charge in [0.1, 0.15) is 5.56 Å². The van der Waals surface area contributed by atoms with Crippen LogP contribution in [0, 0.1) is 5.92 Å². The number of piperidine rings is 1. The van der Waals surface area contributed by atoms with Crippen LogP contribution in [0.15, 0.2) is 53.5 Å². The Morgan fingerprint density at radius 1 is 1.12 bits per heavy atom. The van der Waals surface area contributed by atoms with Crippen LogP contribution in [0.1, 0.15) is 48.0 Å². The first kappa shape index (κ1) is 17.0. The molecule has 5 nitrogen and oxygen atoms in total. The van der Waals surface area contributed by atoms with Crippen LogP contribution in [0.4, 0.5) is 0 Å². The molecule has 0 spiro atoms. The lowest BCUT2D eigenvalue weighted by molar-refractivity contribution is -0.110. The molecule has 5 heteroatoms. The Kier molecular flexibility index (Phi) is 4.41. The van der Waals surface area contributed by atoms with E-state index >= 15 is 0 Å². The zero-order valence-corrected chi connectivity index (χ0v) is 14.7. The predicted octanol–water partition coefficient (Wildman–Crippen LogP) is 2.67. The van der Waals surface area contributed by atoms with Gasteiger partial charge in [-0.25, -0.2) is 0 Å². The van der Waals surface area contributed by atoms with Gasteiger partial charge < -0.3 is 15.0 Å². The van der Waals surface area contributed by atoms with Crippen LogP contribution in [0.25, 0.3) is 0 Å². The van der Waals surface area contributed by atoms with Crippen molar-refractivity contribution in [3.05, 3.63) is 70.1 Å². The number of amides is 1. The summed E-state index contributed by atoms with van der Waals surface area (Å²) in [7, 11) is 0. The number of carbonyl (C=O) groups excluding carboxylic acids is 1. The Balaban J connectivity index is 1.68. The van der Waals surface area contributed by atoms with Gasteiger partial charge in [-0.3, -0.25) is 9.59 Å². The summed E-state index contributed by atoms with van der Waals surface area (Å²) in [6, 6.07) is 13.0. The predicted molar refractivity (Wildman–Crippen MR) is 98.8 cm³/mol. The molecule has 1 amide bonds. The van der Waals surface area contributed by atoms with E-state index in [9.17, 15) is 14.7 Å². The summed E-state index contributed by atoms with van der Waals surface area (Å²) < 4.78 is 0. The molecule has 4 rings (SSSR count). The highest BCUT2D eigenvalue weighted by Gasteiger charge is 2.50. The largest absolute Gasteiger partial charge is 0.385 e. The van der Waals surface area contributed by atoms with Gasteiger partial charge in [-0.1, -0.05) is 43.2 Å². The van der Waals surface area contributed by atoms with Gasteiger partial charge in [-0.05, 0) is 37.0 Å². The monoisotopic (exact) mass is 352 g/mol. The third-order valence-electron chi connectivity index (χ3n) is 6.06. The lowest BCUT2D eigenvalue weighted by Crippen LogP contribution is -2.59. The second-order valence-corrected chi connectivity index (χ2v) is 7.41. The molecule has 1 aromatic carbocycles. The molecule has 2 aliphatic rings. The number of hydrogen-bond acceptors (Lipinski definition) is 3. The summed E-state index contributed by atoms with van der Waals surface area (Å²) >= 11 is 0. The van der Waals surface area contributed by atoms with Gasteiger partial charge in [0.05, 0.1) is 5.60 Å². The van der Waals surface area contributed by atoms with Crippen molar-refractivity contribution in [3.63, 3.8) is 0 Å². The van der Waals surface area contributed by atoms with Crippen LogP contribution >= 0.6 is 0 Å². The molecule has 0 unspecified atom stereocenters. The summed E-state index contributed by atoms with van der Waals surface area (Å²) in [5, 5.41) is 11.6. The number of hydrogen-bond donors (Lipinski definition) is 2. The molecule has 1 saturated carbocycles. The first-order valence-corrected chi connectivity index (χ1v) is 9.38. The number of aromatic amines is 1. The number of H-pyrrole nitrogens is 1. The highest BCUT2D eigenvalue weighted by Crippen LogP contribution is 2.47. The molecule has 1 aliphatic heterocycles. The van der Waals surface area contributed by atoms with E-state index in [1.165, 1.54) is 6.20 Å². The van der Waals surface area contributed by atoms with Crippen molar-refractivity contribution < 1.29 is 9.90 Å². The fraction of sp³-hybridized carbons (Fsp3) is 0.429. The minimum Gasteiger partial charge on any atom is -0.385 e. The van der Waals surface area contributed by atoms with Crippen molar-refractivity contribution in [3.8, 4) is 0 Å². The summed E-state index contributed by atoms with van der Waals surface area (Å²) in [6.45, 7) is 0.458. The lowest BCUT2D eigenvalue weighted by atomic mass is 9.66. The molecule has 0 bridgehead atoms. The van der Waals surface area contributed by atoms with Crippen molar-refractivity contribution in [2.75, 3.05) is 6.54 Å². The van der Waals surface area contributed by atoms with Crippen LogP contribution in [0.5, 0.6) is 0 Å². The third kappa shape index (κ3) is 2.76. The van der Waals surface area contributed by atoms with Gasteiger partial charge in [0.25, 0.3) is 11.5 Å². The first-order valence-electron chi connectivity index (χ1n) is 9.38. The zero-order chi connectivity index (χ0) is 18.1. The molecule has 26 heavy (non-hydrogen) atoms. The maximum Gasteiger partial charge on any atom is 0.260 e. The first-order chi connectivity index (χ1) is 12.6. The van der Waals surface area contributed by atoms with E-state index < -0.39 is 5.60 Å². The molecule has 2 heterocycles. The Morgan fingerprint density at radius 3 is 2.65 bits per heavy atom. The smallest absolute Gasteiger partial charge is 0.260 e. The van der Waals surface area contributed by atoms with Crippen molar-refractivity contribution in [1.82, 2.24) is 9.88 Å². The number of aromatic nitrogens is 1. The second kappa shape index (κ2) is 6.72. The number of nitrogens with zero attached hydrogens (tertiary/aromatic N) is 1. The van der Waals surface area contributed by atoms with Gasteiger partial charge in [0.15, 0.2) is 0 Å². The highest BCUT2D eigenvalue weighted by molar-refractivity contribution is 5.94. The van der Waals surface area contributed by atoms with Crippen LogP contribution in [-0.2, 0) is 5.60 Å². The molecule has 3 atom stereocenters. The molecule has 2 N–H and O–H groups in total. The van der Waals surface area contributed by atoms with Crippen LogP contribution in [-0.4, -0.2) is 33.5 Å². The van der Waals surface area contributed by atoms with Gasteiger partial charge in [-0.15, -0.1) is 0 Å². The number of benzene rings is 1. The van der Waals surface area contributed by atoms with Crippen molar-refractivity contribution >= 4 is 5.91 Å². The van der Waals surface area contributed by atoms with Crippen molar-refractivity contribution in [2.45, 2.75) is 43.7 Å². The molecular weight excluding hydrogens is 328 g/mol. The number of pyridine rings is 1. The third-order valence-corrected chi connectivity index (χ3v) is 6.06. The van der Waals surface area contributed by atoms with Gasteiger partial charge >= 0.3 is 0 Å². The van der Waals surface area contributed by atoms with E-state index in [2.05, 4.69) is 4.98 Å². The summed E-state index contributed by atoms with van der Waals surface area (Å²) in [4.78, 5) is 29.5. The average Bonchev–Trinajstić information content (AvgIpc) is 2.69. The van der Waals surface area contributed by atoms with E-state index in [4.69, 9.17) is 0 Å². The lowest BCUT2D eigenvalue weighted by Gasteiger charge is -2.52. The van der Waals surface area contributed by atoms with Gasteiger partial charge in [0.2, 0.25) is 0 Å². The fourth-order valence-electron chi connectivity index (χ4n) is 4.77. The molecular formula is C21H24N2O3. The molecule has 1 aliphatic carbocycles. The summed E-state index contributed by atoms with van der Waals surface area (Å²) in [5.41, 5.74) is -0.149. The number of rotatable bonds is 2. The molecule has 136 valence electrons. The minimum atomic E-state index is -0.910. The highest BCUT2D eigenvalue weighted by atomic mass is 16.3. The van der Waals surface area contributed by atoms with Crippen LogP contribution in [0.2, 0.25) is 0 Å². The van der Waals surface area contributed by atoms with E-state index in [0.29, 0.717) is 13.0 Å². The Bertz CT molecular complexity index is 848. The Labute approximate surface area is 152 Å². The average molecular weight is 352 g/mol. The van der Waals surface area contributed by atoms with E-state index in [1.54, 1.807) is 12.1 Å². The number of aliphatic hydroxyl groups is 1. The van der Waals surface area contributed by atoms with E-state index in [-0.39, 0.29) is 29.0 Å². The van der Waals surface area contributed by atoms with Crippen LogP contribution < -0.4 is 5.56 Å². The molecule has 1 aromatic heterocycles. The van der Waals surface area contributed by atoms with Crippen LogP contribution in [0.3, 0.4) is 0 Å². The quantitative estimate of drug-likeness (QED) is 0.873. The van der Waals surface area contributed by atoms with Gasteiger partial charge in [-0.2, -0.15) is 0 Å². The maximum absolute atomic E-state index is 13.0. The normalized spacial score (nSPS) is 28.4. The minimum absolute atomic E-state index is 0.000793. The van der Waals surface area contributed by atoms with Gasteiger partial charge in [0, 0.05) is 24.7 Å². The molecule has 1 saturated heterocycles. The zero-order valence-electron chi connectivity index (χ0n) is 14.7. The molecule has 2 aromatic rings. The maximum atomic E-state index is 13.0. The number of likely N-dealkylation sites (tertiary alicyclic amines) is 1. The number of fused-ring (bicyclic) bond motifs is 1. The second-order valence-electron chi connectivity index (χ2n) is 7.41. The topological polar surface area (TPSA) is 73.4 Å². The fourth-order valence-corrected chi connectivity index (χ4v) is 4.77. The molecule has 0 radical (unpaired) electrons. The van der Waals surface area contributed by atoms with E-state index in [1.807, 2.05) is 35.2 Å². The standard InChI is InChI=1S/C21H24N2O3/c24-19-16(9-6-13-22-19)20(25)23-14-12-21(26,15-7-2-1-3-8-15)17-10-4-5-11-18(17)23/h1-3,6-9,13,17-18,26H,4-5,10-12,14H2,(H,22,24)/t17-,18-,21+/m1/s1. The van der Waals surface area contributed by atoms with E-state index in [0.717, 1.165) is 31.2 Å². The number of nitrogens with one attached hydrogen (secondary N) is 1. The van der Waals surface area contributed by atoms with Crippen molar-refractivity contribution in [1.29, 1.82) is 0 Å². The van der Waals surface area contributed by atoms with Crippen molar-refractivity contribution in [2.24, 2.45) is 5.92 Å². The summed E-state index contributed by atoms with van der Waals surface area (Å²) in [6.07, 6.45) is 5.90. The SMILES string of the molecule is O=C(c1ccc[nH]c1=O)N1CC[C@](O)(c2ccccc2)[C@@H]2CCCC[C@H]21. The molecule has 2 fully saturated rings. The Hall–Kier alpha value is -2.40. The Morgan fingerprint density at radius 2 is 1.88 bits per heavy atom.